The molecule has 0 heterocycles. The number of thioether (sulfide) groups is 1. The molecule has 0 fully saturated rings. The van der Waals surface area contributed by atoms with Crippen molar-refractivity contribution in [2.24, 2.45) is 0 Å². The highest BCUT2D eigenvalue weighted by Gasteiger charge is 2.12. The van der Waals surface area contributed by atoms with Crippen molar-refractivity contribution in [3.63, 3.8) is 0 Å². The minimum Gasteiger partial charge on any atom is -0.490 e. The molecular weight excluding hydrogens is 289 g/mol. The lowest BCUT2D eigenvalue weighted by Gasteiger charge is -2.14. The third-order valence-electron chi connectivity index (χ3n) is 2.79. The van der Waals surface area contributed by atoms with E-state index in [1.807, 2.05) is 19.2 Å². The van der Waals surface area contributed by atoms with E-state index in [0.717, 1.165) is 19.3 Å². The van der Waals surface area contributed by atoms with Gasteiger partial charge in [-0.3, -0.25) is 0 Å². The second kappa shape index (κ2) is 10.3. The highest BCUT2D eigenvalue weighted by atomic mass is 32.2. The lowest BCUT2D eigenvalue weighted by molar-refractivity contribution is 0.266. The van der Waals surface area contributed by atoms with Crippen LogP contribution in [0.2, 0.25) is 0 Å². The maximum atomic E-state index is 14.1. The van der Waals surface area contributed by atoms with Crippen LogP contribution in [0.15, 0.2) is 12.1 Å². The topological polar surface area (TPSA) is 42.2 Å². The molecule has 0 aliphatic carbocycles. The van der Waals surface area contributed by atoms with Crippen LogP contribution in [0, 0.1) is 16.5 Å². The Kier molecular flexibility index (Phi) is 8.68. The molecule has 3 nitrogen and oxygen atoms in total. The van der Waals surface area contributed by atoms with Crippen LogP contribution in [-0.2, 0) is 6.42 Å². The molecule has 5 heteroatoms. The number of thiocyanates is 1. The van der Waals surface area contributed by atoms with Gasteiger partial charge in [0.1, 0.15) is 11.2 Å². The molecule has 1 aromatic rings. The summed E-state index contributed by atoms with van der Waals surface area (Å²) in [6.07, 6.45) is 3.11. The molecule has 0 unspecified atom stereocenters. The fourth-order valence-electron chi connectivity index (χ4n) is 1.80. The Hall–Kier alpha value is -1.41. The van der Waals surface area contributed by atoms with E-state index in [2.05, 4.69) is 0 Å². The van der Waals surface area contributed by atoms with Crippen LogP contribution >= 0.6 is 11.8 Å². The Bertz CT molecular complexity index is 474. The second-order valence-corrected chi connectivity index (χ2v) is 5.51. The molecule has 0 radical (unpaired) electrons. The first kappa shape index (κ1) is 17.6. The molecule has 0 saturated heterocycles. The van der Waals surface area contributed by atoms with E-state index in [1.165, 1.54) is 17.8 Å². The number of benzene rings is 1. The molecule has 116 valence electrons. The average molecular weight is 311 g/mol. The quantitative estimate of drug-likeness (QED) is 0.469. The SMILES string of the molecule is CCCOc1cc(F)c(CCCSC#N)cc1OCCC. The molecule has 0 spiro atoms. The Morgan fingerprint density at radius 3 is 2.33 bits per heavy atom. The fourth-order valence-corrected chi connectivity index (χ4v) is 2.18. The Labute approximate surface area is 130 Å². The lowest BCUT2D eigenvalue weighted by atomic mass is 10.1. The smallest absolute Gasteiger partial charge is 0.164 e. The molecule has 0 amide bonds. The maximum absolute atomic E-state index is 14.1. The van der Waals surface area contributed by atoms with Crippen molar-refractivity contribution < 1.29 is 13.9 Å². The molecule has 0 atom stereocenters. The first-order valence-corrected chi connectivity index (χ1v) is 8.30. The minimum absolute atomic E-state index is 0.271. The van der Waals surface area contributed by atoms with Crippen molar-refractivity contribution in [2.75, 3.05) is 19.0 Å². The number of halogens is 1. The fraction of sp³-hybridized carbons (Fsp3) is 0.562. The van der Waals surface area contributed by atoms with Crippen LogP contribution in [0.1, 0.15) is 38.7 Å². The highest BCUT2D eigenvalue weighted by Crippen LogP contribution is 2.31. The largest absolute Gasteiger partial charge is 0.490 e. The molecule has 0 bridgehead atoms. The van der Waals surface area contributed by atoms with E-state index in [-0.39, 0.29) is 5.82 Å². The molecule has 1 aromatic carbocycles. The van der Waals surface area contributed by atoms with Crippen LogP contribution in [0.3, 0.4) is 0 Å². The third-order valence-corrected chi connectivity index (χ3v) is 3.42. The van der Waals surface area contributed by atoms with Gasteiger partial charge in [-0.2, -0.15) is 5.26 Å². The van der Waals surface area contributed by atoms with Gasteiger partial charge in [0.25, 0.3) is 0 Å². The summed E-state index contributed by atoms with van der Waals surface area (Å²) in [7, 11) is 0. The van der Waals surface area contributed by atoms with Crippen molar-refractivity contribution in [1.29, 1.82) is 5.26 Å². The van der Waals surface area contributed by atoms with Gasteiger partial charge in [-0.1, -0.05) is 13.8 Å². The van der Waals surface area contributed by atoms with Crippen LogP contribution < -0.4 is 9.47 Å². The number of aryl methyl sites for hydroxylation is 1. The summed E-state index contributed by atoms with van der Waals surface area (Å²) in [6.45, 7) is 5.15. The Balaban J connectivity index is 2.81. The molecule has 1 rings (SSSR count). The Morgan fingerprint density at radius 1 is 1.14 bits per heavy atom. The van der Waals surface area contributed by atoms with E-state index >= 15 is 0 Å². The van der Waals surface area contributed by atoms with Crippen LogP contribution in [0.5, 0.6) is 11.5 Å². The molecule has 0 aromatic heterocycles. The molecule has 0 saturated carbocycles. The zero-order valence-electron chi connectivity index (χ0n) is 12.7. The zero-order valence-corrected chi connectivity index (χ0v) is 13.5. The van der Waals surface area contributed by atoms with Crippen LogP contribution in [0.25, 0.3) is 0 Å². The van der Waals surface area contributed by atoms with Crippen LogP contribution in [-0.4, -0.2) is 19.0 Å². The summed E-state index contributed by atoms with van der Waals surface area (Å²) < 4.78 is 25.3. The summed E-state index contributed by atoms with van der Waals surface area (Å²) in [6, 6.07) is 3.14. The molecule has 21 heavy (non-hydrogen) atoms. The second-order valence-electron chi connectivity index (χ2n) is 4.63. The van der Waals surface area contributed by atoms with Gasteiger partial charge in [-0.25, -0.2) is 4.39 Å². The van der Waals surface area contributed by atoms with Crippen molar-refractivity contribution in [3.05, 3.63) is 23.5 Å². The first-order valence-electron chi connectivity index (χ1n) is 7.31. The average Bonchev–Trinajstić information content (AvgIpc) is 2.49. The summed E-state index contributed by atoms with van der Waals surface area (Å²) in [5, 5.41) is 10.5. The van der Waals surface area contributed by atoms with Gasteiger partial charge in [0.05, 0.1) is 13.2 Å². The van der Waals surface area contributed by atoms with Gasteiger partial charge < -0.3 is 9.47 Å². The summed E-state index contributed by atoms with van der Waals surface area (Å²) in [5.41, 5.74) is 0.614. The van der Waals surface area contributed by atoms with E-state index in [1.54, 1.807) is 6.07 Å². The predicted octanol–water partition coefficient (Wildman–Crippen LogP) is 4.55. The summed E-state index contributed by atoms with van der Waals surface area (Å²) >= 11 is 1.19. The van der Waals surface area contributed by atoms with E-state index in [4.69, 9.17) is 14.7 Å². The van der Waals surface area contributed by atoms with E-state index < -0.39 is 0 Å². The Morgan fingerprint density at radius 2 is 1.76 bits per heavy atom. The van der Waals surface area contributed by atoms with Crippen molar-refractivity contribution >= 4 is 11.8 Å². The predicted molar refractivity (Wildman–Crippen MR) is 84.4 cm³/mol. The standard InChI is InChI=1S/C16H22FNO2S/c1-3-7-19-15-10-13(6-5-9-21-12-18)14(17)11-16(15)20-8-4-2/h10-11H,3-9H2,1-2H3. The molecular formula is C16H22FNO2S. The number of hydrogen-bond acceptors (Lipinski definition) is 4. The van der Waals surface area contributed by atoms with E-state index in [9.17, 15) is 4.39 Å². The summed E-state index contributed by atoms with van der Waals surface area (Å²) in [5.74, 6) is 1.51. The maximum Gasteiger partial charge on any atom is 0.164 e. The van der Waals surface area contributed by atoms with Crippen molar-refractivity contribution in [1.82, 2.24) is 0 Å². The molecule has 0 aliphatic rings. The number of nitriles is 1. The van der Waals surface area contributed by atoms with Crippen molar-refractivity contribution in [3.8, 4) is 16.9 Å². The lowest BCUT2D eigenvalue weighted by Crippen LogP contribution is -2.04. The number of ether oxygens (including phenoxy) is 2. The van der Waals surface area contributed by atoms with Gasteiger partial charge >= 0.3 is 0 Å². The number of hydrogen-bond donors (Lipinski definition) is 0. The van der Waals surface area contributed by atoms with Gasteiger partial charge in [0.15, 0.2) is 11.5 Å². The van der Waals surface area contributed by atoms with Gasteiger partial charge in [0, 0.05) is 11.8 Å². The van der Waals surface area contributed by atoms with Gasteiger partial charge in [-0.15, -0.1) is 0 Å². The van der Waals surface area contributed by atoms with Gasteiger partial charge in [0.2, 0.25) is 0 Å². The van der Waals surface area contributed by atoms with E-state index in [0.29, 0.717) is 42.4 Å². The normalized spacial score (nSPS) is 10.2. The molecule has 0 N–H and O–H groups in total. The zero-order chi connectivity index (χ0) is 15.5. The van der Waals surface area contributed by atoms with Crippen LogP contribution in [0.4, 0.5) is 4.39 Å². The number of nitrogens with zero attached hydrogens (tertiary/aromatic N) is 1. The first-order chi connectivity index (χ1) is 10.2. The van der Waals surface area contributed by atoms with Crippen molar-refractivity contribution in [2.45, 2.75) is 39.5 Å². The highest BCUT2D eigenvalue weighted by molar-refractivity contribution is 8.03. The monoisotopic (exact) mass is 311 g/mol. The van der Waals surface area contributed by atoms with Gasteiger partial charge in [-0.05, 0) is 49.1 Å². The number of rotatable bonds is 10. The summed E-state index contributed by atoms with van der Waals surface area (Å²) in [4.78, 5) is 0. The minimum atomic E-state index is -0.271. The molecule has 0 aliphatic heterocycles. The third kappa shape index (κ3) is 6.26.